The van der Waals surface area contributed by atoms with Crippen LogP contribution >= 0.6 is 0 Å². The molecule has 86 valence electrons. The van der Waals surface area contributed by atoms with Crippen molar-refractivity contribution in [2.24, 2.45) is 5.73 Å². The molecule has 0 radical (unpaired) electrons. The summed E-state index contributed by atoms with van der Waals surface area (Å²) in [6.07, 6.45) is 0.717. The number of carbonyl (C=O) groups is 1. The minimum atomic E-state index is -0.828. The van der Waals surface area contributed by atoms with Gasteiger partial charge in [0.2, 0.25) is 0 Å². The molecule has 1 aliphatic heterocycles. The van der Waals surface area contributed by atoms with Crippen molar-refractivity contribution in [2.75, 3.05) is 13.1 Å². The lowest BCUT2D eigenvalue weighted by atomic mass is 10.2. The lowest BCUT2D eigenvalue weighted by Crippen LogP contribution is -2.32. The zero-order valence-electron chi connectivity index (χ0n) is 8.62. The highest BCUT2D eigenvalue weighted by atomic mass is 19.1. The monoisotopic (exact) mass is 226 g/mol. The first-order valence-corrected chi connectivity index (χ1v) is 5.08. The molecule has 1 aromatic rings. The molecule has 1 aliphatic rings. The number of amides is 1. The average Bonchev–Trinajstić information content (AvgIpc) is 2.64. The number of nitrogens with two attached hydrogens (primary N) is 1. The van der Waals surface area contributed by atoms with E-state index in [0.717, 1.165) is 12.1 Å². The molecular weight excluding hydrogens is 214 g/mol. The molecule has 16 heavy (non-hydrogen) atoms. The van der Waals surface area contributed by atoms with Crippen molar-refractivity contribution < 1.29 is 13.6 Å². The van der Waals surface area contributed by atoms with Crippen molar-refractivity contribution in [3.05, 3.63) is 35.4 Å². The van der Waals surface area contributed by atoms with Gasteiger partial charge in [0.25, 0.3) is 5.91 Å². The summed E-state index contributed by atoms with van der Waals surface area (Å²) in [5.41, 5.74) is 5.55. The van der Waals surface area contributed by atoms with Gasteiger partial charge in [0.15, 0.2) is 0 Å². The minimum absolute atomic E-state index is 0.0486. The smallest absolute Gasteiger partial charge is 0.256 e. The molecule has 2 rings (SSSR count). The van der Waals surface area contributed by atoms with E-state index in [-0.39, 0.29) is 11.6 Å². The van der Waals surface area contributed by atoms with E-state index >= 15 is 0 Å². The summed E-state index contributed by atoms with van der Waals surface area (Å²) in [6.45, 7) is 0.951. The SMILES string of the molecule is NC1CCN(C(=O)c2ccc(F)cc2F)C1. The maximum absolute atomic E-state index is 13.3. The Morgan fingerprint density at radius 3 is 2.75 bits per heavy atom. The van der Waals surface area contributed by atoms with Gasteiger partial charge in [-0.2, -0.15) is 0 Å². The summed E-state index contributed by atoms with van der Waals surface area (Å²) in [5, 5.41) is 0. The van der Waals surface area contributed by atoms with Crippen LogP contribution < -0.4 is 5.73 Å². The summed E-state index contributed by atoms with van der Waals surface area (Å²) < 4.78 is 26.0. The van der Waals surface area contributed by atoms with E-state index in [1.165, 1.54) is 4.90 Å². The van der Waals surface area contributed by atoms with Gasteiger partial charge in [-0.25, -0.2) is 8.78 Å². The summed E-state index contributed by atoms with van der Waals surface area (Å²) in [5.74, 6) is -1.94. The van der Waals surface area contributed by atoms with Crippen LogP contribution in [0.4, 0.5) is 8.78 Å². The third-order valence-corrected chi connectivity index (χ3v) is 2.67. The number of likely N-dealkylation sites (tertiary alicyclic amines) is 1. The molecule has 0 aliphatic carbocycles. The van der Waals surface area contributed by atoms with E-state index in [1.807, 2.05) is 0 Å². The first-order chi connectivity index (χ1) is 7.58. The lowest BCUT2D eigenvalue weighted by molar-refractivity contribution is 0.0786. The van der Waals surface area contributed by atoms with Crippen molar-refractivity contribution in [2.45, 2.75) is 12.5 Å². The van der Waals surface area contributed by atoms with Crippen molar-refractivity contribution in [3.8, 4) is 0 Å². The van der Waals surface area contributed by atoms with Gasteiger partial charge in [0, 0.05) is 25.2 Å². The number of hydrogen-bond donors (Lipinski definition) is 1. The zero-order valence-corrected chi connectivity index (χ0v) is 8.62. The molecule has 1 saturated heterocycles. The highest BCUT2D eigenvalue weighted by Gasteiger charge is 2.26. The Kier molecular flexibility index (Phi) is 2.87. The molecule has 0 spiro atoms. The molecule has 1 aromatic carbocycles. The van der Waals surface area contributed by atoms with E-state index in [0.29, 0.717) is 25.6 Å². The normalized spacial score (nSPS) is 20.2. The van der Waals surface area contributed by atoms with Gasteiger partial charge in [-0.05, 0) is 18.6 Å². The second kappa shape index (κ2) is 4.17. The van der Waals surface area contributed by atoms with Crippen LogP contribution in [-0.2, 0) is 0 Å². The Labute approximate surface area is 91.8 Å². The molecule has 1 unspecified atom stereocenters. The molecule has 0 bridgehead atoms. The van der Waals surface area contributed by atoms with E-state index in [2.05, 4.69) is 0 Å². The average molecular weight is 226 g/mol. The van der Waals surface area contributed by atoms with Crippen molar-refractivity contribution >= 4 is 5.91 Å². The van der Waals surface area contributed by atoms with Crippen molar-refractivity contribution in [3.63, 3.8) is 0 Å². The summed E-state index contributed by atoms with van der Waals surface area (Å²) in [7, 11) is 0. The first kappa shape index (κ1) is 11.0. The van der Waals surface area contributed by atoms with Crippen molar-refractivity contribution in [1.82, 2.24) is 4.90 Å². The minimum Gasteiger partial charge on any atom is -0.337 e. The fourth-order valence-electron chi connectivity index (χ4n) is 1.81. The molecule has 2 N–H and O–H groups in total. The van der Waals surface area contributed by atoms with Gasteiger partial charge in [-0.3, -0.25) is 4.79 Å². The second-order valence-corrected chi connectivity index (χ2v) is 3.92. The molecule has 1 heterocycles. The van der Waals surface area contributed by atoms with Crippen LogP contribution in [-0.4, -0.2) is 29.9 Å². The third kappa shape index (κ3) is 2.04. The fourth-order valence-corrected chi connectivity index (χ4v) is 1.81. The van der Waals surface area contributed by atoms with Crippen LogP contribution in [0, 0.1) is 11.6 Å². The number of halogens is 2. The predicted molar refractivity (Wildman–Crippen MR) is 54.9 cm³/mol. The Morgan fingerprint density at radius 1 is 1.44 bits per heavy atom. The van der Waals surface area contributed by atoms with Gasteiger partial charge in [-0.15, -0.1) is 0 Å². The van der Waals surface area contributed by atoms with Gasteiger partial charge in [-0.1, -0.05) is 0 Å². The van der Waals surface area contributed by atoms with E-state index in [9.17, 15) is 13.6 Å². The maximum Gasteiger partial charge on any atom is 0.256 e. The summed E-state index contributed by atoms with van der Waals surface area (Å²) in [6, 6.07) is 2.90. The number of nitrogens with zero attached hydrogens (tertiary/aromatic N) is 1. The van der Waals surface area contributed by atoms with E-state index in [1.54, 1.807) is 0 Å². The van der Waals surface area contributed by atoms with E-state index < -0.39 is 17.5 Å². The highest BCUT2D eigenvalue weighted by Crippen LogP contribution is 2.15. The quantitative estimate of drug-likeness (QED) is 0.780. The second-order valence-electron chi connectivity index (χ2n) is 3.92. The zero-order chi connectivity index (χ0) is 11.7. The van der Waals surface area contributed by atoms with Crippen LogP contribution in [0.5, 0.6) is 0 Å². The largest absolute Gasteiger partial charge is 0.337 e. The third-order valence-electron chi connectivity index (χ3n) is 2.67. The van der Waals surface area contributed by atoms with Crippen molar-refractivity contribution in [1.29, 1.82) is 0 Å². The molecule has 1 fully saturated rings. The van der Waals surface area contributed by atoms with E-state index in [4.69, 9.17) is 5.73 Å². The van der Waals surface area contributed by atoms with Gasteiger partial charge in [0.05, 0.1) is 5.56 Å². The molecule has 1 atom stereocenters. The topological polar surface area (TPSA) is 46.3 Å². The molecular formula is C11H12F2N2O. The summed E-state index contributed by atoms with van der Waals surface area (Å²) >= 11 is 0. The maximum atomic E-state index is 13.3. The number of benzene rings is 1. The van der Waals surface area contributed by atoms with Crippen LogP contribution in [0.25, 0.3) is 0 Å². The fraction of sp³-hybridized carbons (Fsp3) is 0.364. The number of hydrogen-bond acceptors (Lipinski definition) is 2. The number of rotatable bonds is 1. The van der Waals surface area contributed by atoms with Gasteiger partial charge < -0.3 is 10.6 Å². The standard InChI is InChI=1S/C11H12F2N2O/c12-7-1-2-9(10(13)5-7)11(16)15-4-3-8(14)6-15/h1-2,5,8H,3-4,6,14H2. The predicted octanol–water partition coefficient (Wildman–Crippen LogP) is 1.14. The Morgan fingerprint density at radius 2 is 2.19 bits per heavy atom. The van der Waals surface area contributed by atoms with Gasteiger partial charge >= 0.3 is 0 Å². The summed E-state index contributed by atoms with van der Waals surface area (Å²) in [4.78, 5) is 13.3. The number of carbonyl (C=O) groups excluding carboxylic acids is 1. The first-order valence-electron chi connectivity index (χ1n) is 5.08. The van der Waals surface area contributed by atoms with Crippen LogP contribution in [0.2, 0.25) is 0 Å². The Hall–Kier alpha value is -1.49. The highest BCUT2D eigenvalue weighted by molar-refractivity contribution is 5.94. The molecule has 0 aromatic heterocycles. The molecule has 0 saturated carbocycles. The van der Waals surface area contributed by atoms with Crippen LogP contribution in [0.1, 0.15) is 16.8 Å². The Balaban J connectivity index is 2.21. The molecule has 5 heteroatoms. The lowest BCUT2D eigenvalue weighted by Gasteiger charge is -2.15. The van der Waals surface area contributed by atoms with Crippen LogP contribution in [0.3, 0.4) is 0 Å². The molecule has 1 amide bonds. The van der Waals surface area contributed by atoms with Gasteiger partial charge in [0.1, 0.15) is 11.6 Å². The molecule has 3 nitrogen and oxygen atoms in total. The van der Waals surface area contributed by atoms with Crippen LogP contribution in [0.15, 0.2) is 18.2 Å². The Bertz CT molecular complexity index is 422.